The Labute approximate surface area is 143 Å². The molecule has 0 bridgehead atoms. The van der Waals surface area contributed by atoms with E-state index >= 15 is 0 Å². The van der Waals surface area contributed by atoms with Gasteiger partial charge in [-0.05, 0) is 18.2 Å². The third kappa shape index (κ3) is 4.16. The lowest BCUT2D eigenvalue weighted by Gasteiger charge is -2.35. The van der Waals surface area contributed by atoms with E-state index in [4.69, 9.17) is 4.55 Å². The monoisotopic (exact) mass is 367 g/mol. The molecule has 0 spiro atoms. The Bertz CT molecular complexity index is 849. The van der Waals surface area contributed by atoms with Crippen molar-refractivity contribution in [3.05, 3.63) is 36.4 Å². The Morgan fingerprint density at radius 2 is 1.83 bits per heavy atom. The zero-order valence-electron chi connectivity index (χ0n) is 12.8. The summed E-state index contributed by atoms with van der Waals surface area (Å²) in [6, 6.07) is 11.9. The van der Waals surface area contributed by atoms with Crippen LogP contribution in [0, 0.1) is 0 Å². The molecule has 3 rings (SSSR count). The predicted molar refractivity (Wildman–Crippen MR) is 94.5 cm³/mol. The van der Waals surface area contributed by atoms with Crippen LogP contribution in [0.25, 0.3) is 10.9 Å². The molecule has 1 aliphatic heterocycles. The van der Waals surface area contributed by atoms with Gasteiger partial charge in [0.2, 0.25) is 5.91 Å². The minimum absolute atomic E-state index is 0.245. The van der Waals surface area contributed by atoms with E-state index in [1.165, 1.54) is 0 Å². The van der Waals surface area contributed by atoms with E-state index in [0.29, 0.717) is 26.2 Å². The fourth-order valence-electron chi connectivity index (χ4n) is 2.63. The molecule has 9 heteroatoms. The fourth-order valence-corrected chi connectivity index (χ4v) is 3.81. The minimum atomic E-state index is -4.18. The standard InChI is InChI=1S/C15H17N3O4S2/c19-15(11-23-24(20,21)22)18-9-7-17(8-10-18)14-6-5-12-3-1-2-4-13(12)16-14/h1-6H,7-11H2,(H,20,21,22). The Kier molecular flexibility index (Phi) is 4.93. The van der Waals surface area contributed by atoms with Gasteiger partial charge < -0.3 is 9.80 Å². The molecule has 1 N–H and O–H groups in total. The van der Waals surface area contributed by atoms with Crippen LogP contribution in [0.1, 0.15) is 0 Å². The summed E-state index contributed by atoms with van der Waals surface area (Å²) >= 11 is 0. The molecule has 128 valence electrons. The van der Waals surface area contributed by atoms with E-state index in [1.54, 1.807) is 4.90 Å². The highest BCUT2D eigenvalue weighted by atomic mass is 33.1. The first-order valence-electron chi connectivity index (χ1n) is 7.43. The van der Waals surface area contributed by atoms with Gasteiger partial charge in [-0.1, -0.05) is 18.2 Å². The molecular formula is C15H17N3O4S2. The summed E-state index contributed by atoms with van der Waals surface area (Å²) in [4.78, 5) is 20.3. The number of aromatic nitrogens is 1. The van der Waals surface area contributed by atoms with Gasteiger partial charge in [0.15, 0.2) is 0 Å². The largest absolute Gasteiger partial charge is 0.353 e. The molecule has 1 aromatic carbocycles. The topological polar surface area (TPSA) is 90.8 Å². The number of benzene rings is 1. The van der Waals surface area contributed by atoms with Gasteiger partial charge in [0.05, 0.1) is 11.3 Å². The normalized spacial score (nSPS) is 15.7. The maximum Gasteiger partial charge on any atom is 0.320 e. The summed E-state index contributed by atoms with van der Waals surface area (Å²) in [5, 5.41) is 1.08. The summed E-state index contributed by atoms with van der Waals surface area (Å²) in [6.45, 7) is 2.26. The molecule has 1 amide bonds. The lowest BCUT2D eigenvalue weighted by atomic mass is 10.2. The van der Waals surface area contributed by atoms with Crippen LogP contribution in [0.5, 0.6) is 0 Å². The van der Waals surface area contributed by atoms with Gasteiger partial charge in [0, 0.05) is 42.4 Å². The number of hydrogen-bond donors (Lipinski definition) is 1. The van der Waals surface area contributed by atoms with Gasteiger partial charge in [0.1, 0.15) is 5.82 Å². The number of hydrogen-bond acceptors (Lipinski definition) is 6. The average Bonchev–Trinajstić information content (AvgIpc) is 2.59. The number of carbonyl (C=O) groups is 1. The van der Waals surface area contributed by atoms with Crippen LogP contribution in [0.15, 0.2) is 36.4 Å². The number of amides is 1. The van der Waals surface area contributed by atoms with Crippen LogP contribution in [0.3, 0.4) is 0 Å². The fraction of sp³-hybridized carbons (Fsp3) is 0.333. The van der Waals surface area contributed by atoms with Crippen molar-refractivity contribution in [2.24, 2.45) is 0 Å². The van der Waals surface area contributed by atoms with Crippen molar-refractivity contribution in [1.82, 2.24) is 9.88 Å². The van der Waals surface area contributed by atoms with Crippen LogP contribution in [0.2, 0.25) is 0 Å². The number of nitrogens with zero attached hydrogens (tertiary/aromatic N) is 3. The zero-order valence-corrected chi connectivity index (χ0v) is 14.5. The predicted octanol–water partition coefficient (Wildman–Crippen LogP) is 1.42. The van der Waals surface area contributed by atoms with Gasteiger partial charge in [0.25, 0.3) is 0 Å². The van der Waals surface area contributed by atoms with E-state index in [-0.39, 0.29) is 22.5 Å². The van der Waals surface area contributed by atoms with E-state index in [2.05, 4.69) is 9.88 Å². The lowest BCUT2D eigenvalue weighted by Crippen LogP contribution is -2.49. The van der Waals surface area contributed by atoms with Crippen LogP contribution in [-0.4, -0.2) is 60.7 Å². The van der Waals surface area contributed by atoms with Crippen molar-refractivity contribution in [1.29, 1.82) is 0 Å². The van der Waals surface area contributed by atoms with Gasteiger partial charge in [-0.15, -0.1) is 0 Å². The minimum Gasteiger partial charge on any atom is -0.353 e. The van der Waals surface area contributed by atoms with Crippen molar-refractivity contribution in [3.8, 4) is 0 Å². The molecule has 1 saturated heterocycles. The third-order valence-electron chi connectivity index (χ3n) is 3.87. The molecule has 1 fully saturated rings. The molecule has 2 heterocycles. The van der Waals surface area contributed by atoms with Crippen molar-refractivity contribution in [2.75, 3.05) is 36.8 Å². The number of carbonyl (C=O) groups excluding carboxylic acids is 1. The highest BCUT2D eigenvalue weighted by Gasteiger charge is 2.23. The second-order valence-electron chi connectivity index (χ2n) is 5.42. The Balaban J connectivity index is 1.60. The Hall–Kier alpha value is -1.84. The molecule has 0 aliphatic carbocycles. The van der Waals surface area contributed by atoms with Crippen LogP contribution < -0.4 is 4.90 Å². The SMILES string of the molecule is O=C(CSS(=O)(=O)O)N1CCN(c2ccc3ccccc3n2)CC1. The zero-order chi connectivity index (χ0) is 17.2. The smallest absolute Gasteiger partial charge is 0.320 e. The number of rotatable bonds is 4. The summed E-state index contributed by atoms with van der Waals surface area (Å²) < 4.78 is 30.1. The van der Waals surface area contributed by atoms with Gasteiger partial charge in [-0.25, -0.2) is 4.98 Å². The number of fused-ring (bicyclic) bond motifs is 1. The first-order chi connectivity index (χ1) is 11.4. The van der Waals surface area contributed by atoms with Crippen molar-refractivity contribution < 1.29 is 17.8 Å². The first kappa shape index (κ1) is 17.0. The lowest BCUT2D eigenvalue weighted by molar-refractivity contribution is -0.128. The molecule has 0 unspecified atom stereocenters. The van der Waals surface area contributed by atoms with Crippen LogP contribution >= 0.6 is 10.8 Å². The molecule has 0 saturated carbocycles. The molecule has 24 heavy (non-hydrogen) atoms. The van der Waals surface area contributed by atoms with E-state index in [9.17, 15) is 13.2 Å². The van der Waals surface area contributed by atoms with E-state index < -0.39 is 9.15 Å². The summed E-state index contributed by atoms with van der Waals surface area (Å²) in [5.74, 6) is 0.310. The number of pyridine rings is 1. The first-order valence-corrected chi connectivity index (χ1v) is 10.4. The quantitative estimate of drug-likeness (QED) is 0.645. The van der Waals surface area contributed by atoms with Crippen LogP contribution in [0.4, 0.5) is 5.82 Å². The summed E-state index contributed by atoms with van der Waals surface area (Å²) in [7, 11) is -3.94. The highest BCUT2D eigenvalue weighted by Crippen LogP contribution is 2.19. The molecule has 0 radical (unpaired) electrons. The summed E-state index contributed by atoms with van der Waals surface area (Å²) in [6.07, 6.45) is 0. The molecule has 1 aliphatic rings. The van der Waals surface area contributed by atoms with E-state index in [0.717, 1.165) is 16.7 Å². The Morgan fingerprint density at radius 1 is 1.12 bits per heavy atom. The molecule has 7 nitrogen and oxygen atoms in total. The van der Waals surface area contributed by atoms with Gasteiger partial charge >= 0.3 is 9.15 Å². The Morgan fingerprint density at radius 3 is 2.54 bits per heavy atom. The van der Waals surface area contributed by atoms with Crippen molar-refractivity contribution in [3.63, 3.8) is 0 Å². The molecule has 1 aromatic heterocycles. The maximum atomic E-state index is 12.0. The van der Waals surface area contributed by atoms with Crippen molar-refractivity contribution in [2.45, 2.75) is 0 Å². The number of piperazine rings is 1. The highest BCUT2D eigenvalue weighted by molar-refractivity contribution is 8.70. The van der Waals surface area contributed by atoms with E-state index in [1.807, 2.05) is 36.4 Å². The number of anilines is 1. The molecule has 0 atom stereocenters. The average molecular weight is 367 g/mol. The summed E-state index contributed by atoms with van der Waals surface area (Å²) in [5.41, 5.74) is 0.929. The van der Waals surface area contributed by atoms with Crippen LogP contribution in [-0.2, 0) is 13.9 Å². The molecular weight excluding hydrogens is 350 g/mol. The molecule has 2 aromatic rings. The second kappa shape index (κ2) is 6.96. The van der Waals surface area contributed by atoms with Gasteiger partial charge in [-0.3, -0.25) is 9.35 Å². The third-order valence-corrected chi connectivity index (χ3v) is 5.78. The van der Waals surface area contributed by atoms with Gasteiger partial charge in [-0.2, -0.15) is 8.42 Å². The van der Waals surface area contributed by atoms with Crippen molar-refractivity contribution >= 4 is 42.6 Å². The number of para-hydroxylation sites is 1. The second-order valence-corrected chi connectivity index (χ2v) is 8.77. The maximum absolute atomic E-state index is 12.0.